The summed E-state index contributed by atoms with van der Waals surface area (Å²) in [5, 5.41) is 2.65. The Hall–Kier alpha value is -1.02. The van der Waals surface area contributed by atoms with Gasteiger partial charge in [-0.1, -0.05) is 12.8 Å². The summed E-state index contributed by atoms with van der Waals surface area (Å²) < 4.78 is 1.91. The lowest BCUT2D eigenvalue weighted by Crippen LogP contribution is -2.35. The number of aromatic nitrogens is 2. The number of hydrogen-bond acceptors (Lipinski definition) is 6. The Kier molecular flexibility index (Phi) is 6.50. The van der Waals surface area contributed by atoms with E-state index >= 15 is 0 Å². The molecule has 5 heterocycles. The smallest absolute Gasteiger partial charge is 0.150 e. The minimum absolute atomic E-state index is 0.239. The van der Waals surface area contributed by atoms with Crippen molar-refractivity contribution in [1.29, 1.82) is 0 Å². The number of thiol groups is 1. The zero-order chi connectivity index (χ0) is 22.4. The minimum atomic E-state index is 0.239. The van der Waals surface area contributed by atoms with Crippen molar-refractivity contribution in [2.45, 2.75) is 69.4 Å². The first-order chi connectivity index (χ1) is 16.2. The van der Waals surface area contributed by atoms with E-state index < -0.39 is 0 Å². The van der Waals surface area contributed by atoms with Crippen LogP contribution in [0.15, 0.2) is 23.5 Å². The van der Waals surface area contributed by atoms with Crippen molar-refractivity contribution < 1.29 is 0 Å². The van der Waals surface area contributed by atoms with E-state index in [-0.39, 0.29) is 6.04 Å². The summed E-state index contributed by atoms with van der Waals surface area (Å²) in [6, 6.07) is 3.49. The Morgan fingerprint density at radius 2 is 1.73 bits per heavy atom. The van der Waals surface area contributed by atoms with Gasteiger partial charge in [0.25, 0.3) is 0 Å². The van der Waals surface area contributed by atoms with Crippen LogP contribution < -0.4 is 0 Å². The number of nitrogens with zero attached hydrogens (tertiary/aromatic N) is 5. The predicted octanol–water partition coefficient (Wildman–Crippen LogP) is 5.38. The van der Waals surface area contributed by atoms with Crippen LogP contribution in [0.2, 0.25) is 0 Å². The monoisotopic (exact) mass is 483 g/mol. The molecule has 1 unspecified atom stereocenters. The maximum Gasteiger partial charge on any atom is 0.150 e. The van der Waals surface area contributed by atoms with Gasteiger partial charge in [0.2, 0.25) is 0 Å². The summed E-state index contributed by atoms with van der Waals surface area (Å²) in [6.07, 6.45) is 14.8. The summed E-state index contributed by atoms with van der Waals surface area (Å²) in [6.45, 7) is 5.03. The molecule has 2 aromatic rings. The summed E-state index contributed by atoms with van der Waals surface area (Å²) in [4.78, 5) is 15.3. The number of piperidine rings is 1. The van der Waals surface area contributed by atoms with Crippen LogP contribution in [0.3, 0.4) is 0 Å². The molecular formula is C26H37N5S2. The van der Waals surface area contributed by atoms with E-state index in [1.807, 2.05) is 15.7 Å². The first kappa shape index (κ1) is 22.4. The first-order valence-corrected chi connectivity index (χ1v) is 14.4. The molecule has 0 amide bonds. The lowest BCUT2D eigenvalue weighted by molar-refractivity contribution is 0.182. The van der Waals surface area contributed by atoms with Gasteiger partial charge in [0.1, 0.15) is 5.65 Å². The van der Waals surface area contributed by atoms with Gasteiger partial charge < -0.3 is 9.80 Å². The van der Waals surface area contributed by atoms with Crippen molar-refractivity contribution in [1.82, 2.24) is 18.8 Å². The van der Waals surface area contributed by atoms with Gasteiger partial charge >= 0.3 is 0 Å². The minimum Gasteiger partial charge on any atom is -0.306 e. The number of fused-ring (bicyclic) bond motifs is 1. The topological polar surface area (TPSA) is 36.7 Å². The highest BCUT2D eigenvalue weighted by atomic mass is 32.2. The molecule has 2 aromatic heterocycles. The van der Waals surface area contributed by atoms with Crippen molar-refractivity contribution in [3.8, 4) is 0 Å². The van der Waals surface area contributed by atoms with E-state index in [2.05, 4.69) is 35.3 Å². The molecule has 178 valence electrons. The molecule has 0 N–H and O–H groups in total. The molecular weight excluding hydrogens is 446 g/mol. The first-order valence-electron chi connectivity index (χ1n) is 13.0. The van der Waals surface area contributed by atoms with Crippen molar-refractivity contribution in [2.24, 2.45) is 10.9 Å². The van der Waals surface area contributed by atoms with Crippen LogP contribution in [0.5, 0.6) is 0 Å². The zero-order valence-corrected chi connectivity index (χ0v) is 21.5. The molecule has 0 aromatic carbocycles. The number of pyridine rings is 1. The van der Waals surface area contributed by atoms with Crippen molar-refractivity contribution >= 4 is 40.7 Å². The third kappa shape index (κ3) is 4.51. The summed E-state index contributed by atoms with van der Waals surface area (Å²) in [5.74, 6) is 2.35. The fraction of sp³-hybridized carbons (Fsp3) is 0.692. The molecule has 5 nitrogen and oxygen atoms in total. The van der Waals surface area contributed by atoms with Crippen LogP contribution in [0.1, 0.15) is 74.5 Å². The third-order valence-electron chi connectivity index (χ3n) is 8.60. The van der Waals surface area contributed by atoms with Gasteiger partial charge in [0.05, 0.1) is 11.1 Å². The number of likely N-dealkylation sites (tertiary alicyclic amines) is 2. The Morgan fingerprint density at radius 1 is 0.970 bits per heavy atom. The van der Waals surface area contributed by atoms with Crippen LogP contribution in [0.25, 0.3) is 11.0 Å². The largest absolute Gasteiger partial charge is 0.306 e. The molecule has 7 heteroatoms. The van der Waals surface area contributed by atoms with Crippen molar-refractivity contribution in [3.05, 3.63) is 29.6 Å². The maximum atomic E-state index is 5.25. The Balaban J connectivity index is 1.20. The van der Waals surface area contributed by atoms with E-state index in [4.69, 9.17) is 22.8 Å². The molecule has 33 heavy (non-hydrogen) atoms. The normalized spacial score (nSPS) is 30.4. The van der Waals surface area contributed by atoms with Gasteiger partial charge in [0, 0.05) is 41.1 Å². The lowest BCUT2D eigenvalue weighted by atomic mass is 9.81. The Morgan fingerprint density at radius 3 is 2.48 bits per heavy atom. The summed E-state index contributed by atoms with van der Waals surface area (Å²) in [7, 11) is 2.23. The number of hydrogen-bond donors (Lipinski definition) is 1. The van der Waals surface area contributed by atoms with Gasteiger partial charge in [-0.05, 0) is 102 Å². The molecule has 1 atom stereocenters. The number of rotatable bonds is 4. The standard InChI is InChI=1S/C26H37N5S2/c1-29-12-8-19(9-13-29)26-28-24(17-33-26)23-16-31(32)25-22(23)14-20(15-27-25)18-4-6-21(7-5-18)30-10-2-3-11-30/h14-16,18-19,21,24,32H,2-13,17H2,1H3. The molecule has 2 saturated heterocycles. The average Bonchev–Trinajstić information content (AvgIpc) is 3.60. The molecule has 1 saturated carbocycles. The van der Waals surface area contributed by atoms with Gasteiger partial charge in [-0.25, -0.2) is 4.98 Å². The van der Waals surface area contributed by atoms with E-state index in [9.17, 15) is 0 Å². The van der Waals surface area contributed by atoms with Crippen molar-refractivity contribution in [2.75, 3.05) is 39.0 Å². The van der Waals surface area contributed by atoms with Crippen LogP contribution >= 0.6 is 24.6 Å². The average molecular weight is 484 g/mol. The second-order valence-corrected chi connectivity index (χ2v) is 12.2. The van der Waals surface area contributed by atoms with E-state index in [0.29, 0.717) is 11.8 Å². The highest BCUT2D eigenvalue weighted by Crippen LogP contribution is 2.41. The van der Waals surface area contributed by atoms with Crippen LogP contribution in [0.4, 0.5) is 0 Å². The lowest BCUT2D eigenvalue weighted by Gasteiger charge is -2.34. The SMILES string of the molecule is CN1CCC(C2=NC(c3cn(S)c4ncc(C5CCC(N6CCCC6)CC5)cc34)CS2)CC1. The van der Waals surface area contributed by atoms with E-state index in [0.717, 1.165) is 17.4 Å². The molecule has 0 bridgehead atoms. The predicted molar refractivity (Wildman–Crippen MR) is 143 cm³/mol. The van der Waals surface area contributed by atoms with E-state index in [1.165, 1.54) is 99.1 Å². The fourth-order valence-corrected chi connectivity index (χ4v) is 8.07. The summed E-state index contributed by atoms with van der Waals surface area (Å²) in [5.41, 5.74) is 3.72. The maximum absolute atomic E-state index is 5.25. The molecule has 0 spiro atoms. The van der Waals surface area contributed by atoms with Crippen LogP contribution in [-0.2, 0) is 0 Å². The Labute approximate surface area is 207 Å². The second kappa shape index (κ2) is 9.56. The molecule has 0 radical (unpaired) electrons. The highest BCUT2D eigenvalue weighted by Gasteiger charge is 2.31. The van der Waals surface area contributed by atoms with Gasteiger partial charge in [-0.2, -0.15) is 0 Å². The Bertz CT molecular complexity index is 1010. The van der Waals surface area contributed by atoms with E-state index in [1.54, 1.807) is 0 Å². The molecule has 4 aliphatic rings. The quantitative estimate of drug-likeness (QED) is 0.593. The van der Waals surface area contributed by atoms with Crippen LogP contribution in [0, 0.1) is 5.92 Å². The second-order valence-electron chi connectivity index (χ2n) is 10.7. The van der Waals surface area contributed by atoms with Crippen molar-refractivity contribution in [3.63, 3.8) is 0 Å². The molecule has 1 aliphatic carbocycles. The third-order valence-corrected chi connectivity index (χ3v) is 10.1. The summed E-state index contributed by atoms with van der Waals surface area (Å²) >= 11 is 6.70. The molecule has 3 fully saturated rings. The zero-order valence-electron chi connectivity index (χ0n) is 19.8. The van der Waals surface area contributed by atoms with Gasteiger partial charge in [-0.3, -0.25) is 8.96 Å². The number of aliphatic imine (C=N–C) groups is 1. The molecule has 3 aliphatic heterocycles. The molecule has 6 rings (SSSR count). The highest BCUT2D eigenvalue weighted by molar-refractivity contribution is 8.14. The van der Waals surface area contributed by atoms with Gasteiger partial charge in [0.15, 0.2) is 0 Å². The fourth-order valence-electron chi connectivity index (χ4n) is 6.53. The van der Waals surface area contributed by atoms with Gasteiger partial charge in [-0.15, -0.1) is 11.8 Å². The number of thioether (sulfide) groups is 1. The van der Waals surface area contributed by atoms with Crippen LogP contribution in [-0.4, -0.2) is 68.8 Å².